The highest BCUT2D eigenvalue weighted by Crippen LogP contribution is 2.44. The molecule has 5 rings (SSSR count). The van der Waals surface area contributed by atoms with E-state index in [0.29, 0.717) is 29.1 Å². The van der Waals surface area contributed by atoms with Crippen LogP contribution in [0.4, 0.5) is 5.69 Å². The lowest BCUT2D eigenvalue weighted by molar-refractivity contribution is 0.146. The normalized spacial score (nSPS) is 17.2. The Balaban J connectivity index is 1.48. The largest absolute Gasteiger partial charge is 0.490 e. The molecule has 0 bridgehead atoms. The molecule has 0 amide bonds. The van der Waals surface area contributed by atoms with Crippen LogP contribution in [-0.4, -0.2) is 30.4 Å². The van der Waals surface area contributed by atoms with Crippen LogP contribution in [0.15, 0.2) is 93.4 Å². The van der Waals surface area contributed by atoms with Gasteiger partial charge in [0.05, 0.1) is 23.4 Å². The van der Waals surface area contributed by atoms with Crippen molar-refractivity contribution >= 4 is 46.4 Å². The number of rotatable bonds is 9. The number of anilines is 1. The Bertz CT molecular complexity index is 1360. The van der Waals surface area contributed by atoms with E-state index < -0.39 is 0 Å². The van der Waals surface area contributed by atoms with Gasteiger partial charge in [-0.25, -0.2) is 0 Å². The Labute approximate surface area is 230 Å². The molecule has 9 heteroatoms. The van der Waals surface area contributed by atoms with E-state index in [1.165, 1.54) is 5.56 Å². The lowest BCUT2D eigenvalue weighted by Gasteiger charge is -2.26. The number of aromatic nitrogens is 1. The van der Waals surface area contributed by atoms with E-state index in [0.717, 1.165) is 27.1 Å². The fourth-order valence-corrected chi connectivity index (χ4v) is 5.54. The molecule has 1 saturated heterocycles. The van der Waals surface area contributed by atoms with Gasteiger partial charge < -0.3 is 24.1 Å². The number of methoxy groups -OCH3 is 1. The monoisotopic (exact) mass is 551 g/mol. The minimum atomic E-state index is -0.272. The number of halogens is 1. The summed E-state index contributed by atoms with van der Waals surface area (Å²) in [5, 5.41) is 5.30. The summed E-state index contributed by atoms with van der Waals surface area (Å²) < 4.78 is 17.2. The van der Waals surface area contributed by atoms with Crippen LogP contribution in [0, 0.1) is 6.92 Å². The molecule has 190 valence electrons. The molecule has 3 heterocycles. The maximum absolute atomic E-state index is 6.59. The molecule has 37 heavy (non-hydrogen) atoms. The maximum atomic E-state index is 6.59. The van der Waals surface area contributed by atoms with Crippen molar-refractivity contribution in [1.82, 2.24) is 10.3 Å². The molecule has 0 radical (unpaired) electrons. The lowest BCUT2D eigenvalue weighted by atomic mass is 10.0. The number of hydrogen-bond donors (Lipinski definition) is 1. The first-order valence-corrected chi connectivity index (χ1v) is 13.4. The van der Waals surface area contributed by atoms with Crippen LogP contribution in [0.3, 0.4) is 0 Å². The fraction of sp³-hybridized carbons (Fsp3) is 0.214. The minimum absolute atomic E-state index is 0.214. The predicted octanol–water partition coefficient (Wildman–Crippen LogP) is 6.99. The van der Waals surface area contributed by atoms with Gasteiger partial charge in [0, 0.05) is 23.9 Å². The first-order chi connectivity index (χ1) is 18.0. The summed E-state index contributed by atoms with van der Waals surface area (Å²) in [7, 11) is 1.63. The smallest absolute Gasteiger partial charge is 0.174 e. The highest BCUT2D eigenvalue weighted by molar-refractivity contribution is 7.99. The maximum Gasteiger partial charge on any atom is 0.174 e. The van der Waals surface area contributed by atoms with Gasteiger partial charge >= 0.3 is 0 Å². The van der Waals surface area contributed by atoms with E-state index >= 15 is 0 Å². The van der Waals surface area contributed by atoms with Crippen LogP contribution in [0.5, 0.6) is 5.75 Å². The Kier molecular flexibility index (Phi) is 8.00. The molecule has 0 spiro atoms. The van der Waals surface area contributed by atoms with Crippen molar-refractivity contribution in [2.24, 2.45) is 0 Å². The average molecular weight is 552 g/mol. The van der Waals surface area contributed by atoms with E-state index in [9.17, 15) is 0 Å². The van der Waals surface area contributed by atoms with E-state index in [-0.39, 0.29) is 12.1 Å². The SMILES string of the molecule is COCCOc1ccc(N2C(=S)N[C@@H](c3ccccn3)[C@H]2c2ccc(Sc3ccc(C)cc3)o2)cc1Cl. The standard InChI is InChI=1S/C28H26ClN3O3S2/c1-18-6-9-20(10-7-18)37-25-13-12-24(35-25)27-26(22-5-3-4-14-30-22)31-28(36)32(27)19-8-11-23(21(29)17-19)34-16-15-33-2/h3-14,17,26-27H,15-16H2,1-2H3,(H,31,36)/t26-,27+/m0/s1. The number of nitrogens with zero attached hydrogens (tertiary/aromatic N) is 2. The summed E-state index contributed by atoms with van der Waals surface area (Å²) in [6.45, 7) is 2.97. The molecule has 6 nitrogen and oxygen atoms in total. The number of benzene rings is 2. The summed E-state index contributed by atoms with van der Waals surface area (Å²) in [6.07, 6.45) is 1.78. The van der Waals surface area contributed by atoms with Crippen molar-refractivity contribution in [2.75, 3.05) is 25.2 Å². The molecule has 1 N–H and O–H groups in total. The van der Waals surface area contributed by atoms with E-state index in [1.807, 2.05) is 53.4 Å². The Morgan fingerprint density at radius 1 is 1.08 bits per heavy atom. The first kappa shape index (κ1) is 25.6. The lowest BCUT2D eigenvalue weighted by Crippen LogP contribution is -2.29. The van der Waals surface area contributed by atoms with Gasteiger partial charge in [0.25, 0.3) is 0 Å². The van der Waals surface area contributed by atoms with Crippen LogP contribution >= 0.6 is 35.6 Å². The van der Waals surface area contributed by atoms with Crippen molar-refractivity contribution in [1.29, 1.82) is 0 Å². The minimum Gasteiger partial charge on any atom is -0.490 e. The highest BCUT2D eigenvalue weighted by atomic mass is 35.5. The molecule has 0 aliphatic carbocycles. The quantitative estimate of drug-likeness (QED) is 0.176. The molecule has 0 saturated carbocycles. The Hall–Kier alpha value is -3.04. The number of ether oxygens (including phenoxy) is 2. The summed E-state index contributed by atoms with van der Waals surface area (Å²) >= 11 is 14.0. The summed E-state index contributed by atoms with van der Waals surface area (Å²) in [5.41, 5.74) is 2.92. The topological polar surface area (TPSA) is 59.8 Å². The molecule has 1 aliphatic rings. The fourth-order valence-electron chi connectivity index (χ4n) is 4.18. The number of thiocarbonyl (C=S) groups is 1. The number of furan rings is 1. The zero-order chi connectivity index (χ0) is 25.8. The summed E-state index contributed by atoms with van der Waals surface area (Å²) in [5.74, 6) is 1.36. The second-order valence-electron chi connectivity index (χ2n) is 8.52. The first-order valence-electron chi connectivity index (χ1n) is 11.8. The van der Waals surface area contributed by atoms with Crippen molar-refractivity contribution in [2.45, 2.75) is 29.0 Å². The molecule has 0 unspecified atom stereocenters. The second-order valence-corrected chi connectivity index (χ2v) is 10.4. The number of aryl methyl sites for hydroxylation is 1. The van der Waals surface area contributed by atoms with Gasteiger partial charge in [0.15, 0.2) is 10.2 Å². The third kappa shape index (κ3) is 5.78. The molecular formula is C28H26ClN3O3S2. The molecule has 2 aromatic heterocycles. The number of nitrogens with one attached hydrogen (secondary N) is 1. The van der Waals surface area contributed by atoms with Crippen molar-refractivity contribution in [3.05, 3.63) is 101 Å². The van der Waals surface area contributed by atoms with Crippen LogP contribution in [0.25, 0.3) is 0 Å². The highest BCUT2D eigenvalue weighted by Gasteiger charge is 2.42. The zero-order valence-corrected chi connectivity index (χ0v) is 22.8. The predicted molar refractivity (Wildman–Crippen MR) is 151 cm³/mol. The Morgan fingerprint density at radius 3 is 2.65 bits per heavy atom. The van der Waals surface area contributed by atoms with Crippen LogP contribution in [0.2, 0.25) is 5.02 Å². The van der Waals surface area contributed by atoms with Crippen LogP contribution in [0.1, 0.15) is 29.1 Å². The number of pyridine rings is 1. The van der Waals surface area contributed by atoms with Gasteiger partial charge in [0.1, 0.15) is 24.2 Å². The van der Waals surface area contributed by atoms with E-state index in [4.69, 9.17) is 37.7 Å². The van der Waals surface area contributed by atoms with Crippen LogP contribution < -0.4 is 15.0 Å². The molecular weight excluding hydrogens is 526 g/mol. The van der Waals surface area contributed by atoms with Crippen molar-refractivity contribution < 1.29 is 13.9 Å². The van der Waals surface area contributed by atoms with E-state index in [1.54, 1.807) is 25.1 Å². The third-order valence-electron chi connectivity index (χ3n) is 5.97. The zero-order valence-electron chi connectivity index (χ0n) is 20.4. The summed E-state index contributed by atoms with van der Waals surface area (Å²) in [4.78, 5) is 7.74. The van der Waals surface area contributed by atoms with Gasteiger partial charge in [-0.05, 0) is 73.7 Å². The van der Waals surface area contributed by atoms with Crippen molar-refractivity contribution in [3.63, 3.8) is 0 Å². The average Bonchev–Trinajstić information content (AvgIpc) is 3.51. The molecule has 2 aromatic carbocycles. The van der Waals surface area contributed by atoms with E-state index in [2.05, 4.69) is 41.5 Å². The van der Waals surface area contributed by atoms with Crippen LogP contribution in [-0.2, 0) is 4.74 Å². The third-order valence-corrected chi connectivity index (χ3v) is 7.51. The number of hydrogen-bond acceptors (Lipinski definition) is 6. The molecule has 4 aromatic rings. The van der Waals surface area contributed by atoms with Gasteiger partial charge in [-0.1, -0.05) is 47.1 Å². The second kappa shape index (κ2) is 11.6. The van der Waals surface area contributed by atoms with Gasteiger partial charge in [0.2, 0.25) is 0 Å². The molecule has 1 aliphatic heterocycles. The summed E-state index contributed by atoms with van der Waals surface area (Å²) in [6, 6.07) is 23.4. The van der Waals surface area contributed by atoms with Gasteiger partial charge in [-0.2, -0.15) is 0 Å². The van der Waals surface area contributed by atoms with Crippen molar-refractivity contribution in [3.8, 4) is 5.75 Å². The van der Waals surface area contributed by atoms with Gasteiger partial charge in [-0.15, -0.1) is 0 Å². The van der Waals surface area contributed by atoms with Gasteiger partial charge in [-0.3, -0.25) is 4.98 Å². The molecule has 2 atom stereocenters. The Morgan fingerprint density at radius 2 is 1.92 bits per heavy atom. The molecule has 1 fully saturated rings.